The molecule has 3 N–H and O–H groups in total. The van der Waals surface area contributed by atoms with Crippen LogP contribution in [0, 0.1) is 5.92 Å². The first-order valence-electron chi connectivity index (χ1n) is 5.67. The van der Waals surface area contributed by atoms with Gasteiger partial charge in [-0.1, -0.05) is 15.9 Å². The van der Waals surface area contributed by atoms with Crippen LogP contribution in [0.4, 0.5) is 5.69 Å². The van der Waals surface area contributed by atoms with Gasteiger partial charge in [0.05, 0.1) is 5.69 Å². The lowest BCUT2D eigenvalue weighted by Gasteiger charge is -2.13. The van der Waals surface area contributed by atoms with Gasteiger partial charge in [0.1, 0.15) is 0 Å². The van der Waals surface area contributed by atoms with Gasteiger partial charge in [-0.3, -0.25) is 4.79 Å². The molecule has 3 nitrogen and oxygen atoms in total. The molecule has 0 spiro atoms. The van der Waals surface area contributed by atoms with Crippen LogP contribution in [0.5, 0.6) is 0 Å². The first-order valence-corrected chi connectivity index (χ1v) is 8.05. The highest BCUT2D eigenvalue weighted by Crippen LogP contribution is 2.35. The largest absolute Gasteiger partial charge is 0.327 e. The van der Waals surface area contributed by atoms with Gasteiger partial charge in [0.2, 0.25) is 5.91 Å². The fourth-order valence-corrected chi connectivity index (χ4v) is 4.21. The molecule has 0 aliphatic heterocycles. The van der Waals surface area contributed by atoms with Crippen LogP contribution >= 0.6 is 47.8 Å². The van der Waals surface area contributed by atoms with Gasteiger partial charge >= 0.3 is 0 Å². The van der Waals surface area contributed by atoms with Crippen molar-refractivity contribution in [2.45, 2.75) is 25.3 Å². The number of nitrogens with one attached hydrogen (secondary N) is 1. The summed E-state index contributed by atoms with van der Waals surface area (Å²) in [6.07, 6.45) is 2.68. The smallest absolute Gasteiger partial charge is 0.226 e. The third kappa shape index (κ3) is 3.79. The minimum absolute atomic E-state index is 0.0157. The molecular formula is C12H13Br3N2O. The van der Waals surface area contributed by atoms with Gasteiger partial charge in [0, 0.05) is 25.9 Å². The Bertz CT molecular complexity index is 451. The first kappa shape index (κ1) is 14.5. The van der Waals surface area contributed by atoms with E-state index in [1.807, 2.05) is 12.1 Å². The molecule has 1 amide bonds. The Labute approximate surface area is 131 Å². The minimum atomic E-state index is -0.0434. The highest BCUT2D eigenvalue weighted by atomic mass is 79.9. The van der Waals surface area contributed by atoms with Crippen LogP contribution in [0.25, 0.3) is 0 Å². The molecule has 1 atom stereocenters. The van der Waals surface area contributed by atoms with Gasteiger partial charge in [-0.25, -0.2) is 0 Å². The summed E-state index contributed by atoms with van der Waals surface area (Å²) in [7, 11) is 0. The molecule has 0 bridgehead atoms. The number of carbonyl (C=O) groups excluding carboxylic acids is 1. The van der Waals surface area contributed by atoms with Crippen LogP contribution in [0.15, 0.2) is 25.6 Å². The van der Waals surface area contributed by atoms with E-state index in [9.17, 15) is 4.79 Å². The molecule has 18 heavy (non-hydrogen) atoms. The molecule has 0 heterocycles. The van der Waals surface area contributed by atoms with Gasteiger partial charge in [-0.15, -0.1) is 0 Å². The van der Waals surface area contributed by atoms with E-state index in [1.54, 1.807) is 0 Å². The van der Waals surface area contributed by atoms with E-state index >= 15 is 0 Å². The molecule has 0 aromatic heterocycles. The number of hydrogen-bond donors (Lipinski definition) is 2. The van der Waals surface area contributed by atoms with Crippen LogP contribution in [0.1, 0.15) is 19.3 Å². The van der Waals surface area contributed by atoms with Crippen molar-refractivity contribution in [3.63, 3.8) is 0 Å². The van der Waals surface area contributed by atoms with Gasteiger partial charge < -0.3 is 11.1 Å². The summed E-state index contributed by atoms with van der Waals surface area (Å²) in [6, 6.07) is 3.76. The topological polar surface area (TPSA) is 55.1 Å². The normalized spacial score (nSPS) is 16.4. The predicted octanol–water partition coefficient (Wildman–Crippen LogP) is 4.04. The number of hydrogen-bond acceptors (Lipinski definition) is 2. The Balaban J connectivity index is 2.02. The quantitative estimate of drug-likeness (QED) is 0.742. The Hall–Kier alpha value is 0.0900. The molecule has 1 aromatic carbocycles. The zero-order valence-electron chi connectivity index (χ0n) is 9.55. The summed E-state index contributed by atoms with van der Waals surface area (Å²) in [6.45, 7) is 0. The van der Waals surface area contributed by atoms with E-state index < -0.39 is 0 Å². The maximum absolute atomic E-state index is 11.9. The van der Waals surface area contributed by atoms with Crippen molar-refractivity contribution in [2.75, 3.05) is 5.32 Å². The zero-order chi connectivity index (χ0) is 13.3. The Morgan fingerprint density at radius 1 is 1.33 bits per heavy atom. The van der Waals surface area contributed by atoms with Crippen LogP contribution < -0.4 is 11.1 Å². The lowest BCUT2D eigenvalue weighted by Crippen LogP contribution is -2.29. The van der Waals surface area contributed by atoms with Crippen molar-refractivity contribution in [3.05, 3.63) is 25.6 Å². The van der Waals surface area contributed by atoms with E-state index in [2.05, 4.69) is 53.1 Å². The number of nitrogens with two attached hydrogens (primary N) is 1. The second kappa shape index (κ2) is 6.03. The molecule has 1 aliphatic carbocycles. The van der Waals surface area contributed by atoms with Gasteiger partial charge in [-0.05, 0) is 62.8 Å². The monoisotopic (exact) mass is 438 g/mol. The van der Waals surface area contributed by atoms with Crippen molar-refractivity contribution in [1.82, 2.24) is 0 Å². The third-order valence-corrected chi connectivity index (χ3v) is 4.63. The number of benzene rings is 1. The number of carbonyl (C=O) groups is 1. The fraction of sp³-hybridized carbons (Fsp3) is 0.417. The van der Waals surface area contributed by atoms with E-state index in [4.69, 9.17) is 5.73 Å². The maximum atomic E-state index is 11.9. The lowest BCUT2D eigenvalue weighted by molar-refractivity contribution is -0.116. The highest BCUT2D eigenvalue weighted by molar-refractivity contribution is 9.11. The Morgan fingerprint density at radius 3 is 2.39 bits per heavy atom. The molecule has 6 heteroatoms. The lowest BCUT2D eigenvalue weighted by atomic mass is 10.1. The zero-order valence-corrected chi connectivity index (χ0v) is 14.3. The van der Waals surface area contributed by atoms with Crippen molar-refractivity contribution in [3.8, 4) is 0 Å². The molecule has 2 rings (SSSR count). The summed E-state index contributed by atoms with van der Waals surface area (Å²) >= 11 is 10.2. The molecule has 1 saturated carbocycles. The Morgan fingerprint density at radius 2 is 1.89 bits per heavy atom. The second-order valence-electron chi connectivity index (χ2n) is 4.50. The van der Waals surface area contributed by atoms with Gasteiger partial charge in [0.25, 0.3) is 0 Å². The van der Waals surface area contributed by atoms with Gasteiger partial charge in [-0.2, -0.15) is 0 Å². The summed E-state index contributed by atoms with van der Waals surface area (Å²) < 4.78 is 2.60. The van der Waals surface area contributed by atoms with Crippen molar-refractivity contribution < 1.29 is 4.79 Å². The van der Waals surface area contributed by atoms with E-state index in [0.717, 1.165) is 31.9 Å². The molecular weight excluding hydrogens is 428 g/mol. The molecule has 1 aromatic rings. The molecule has 1 fully saturated rings. The SMILES string of the molecule is NC(CC(=O)Nc1c(Br)cc(Br)cc1Br)C1CC1. The van der Waals surface area contributed by atoms with Gasteiger partial charge in [0.15, 0.2) is 0 Å². The molecule has 1 aliphatic rings. The van der Waals surface area contributed by atoms with Crippen LogP contribution in [-0.2, 0) is 4.79 Å². The van der Waals surface area contributed by atoms with Crippen LogP contribution in [0.2, 0.25) is 0 Å². The molecule has 0 saturated heterocycles. The first-order chi connectivity index (χ1) is 8.47. The van der Waals surface area contributed by atoms with Crippen molar-refractivity contribution >= 4 is 59.4 Å². The minimum Gasteiger partial charge on any atom is -0.327 e. The van der Waals surface area contributed by atoms with Crippen molar-refractivity contribution in [2.24, 2.45) is 11.7 Å². The average Bonchev–Trinajstić information content (AvgIpc) is 3.06. The standard InChI is InChI=1S/C12H13Br3N2O/c13-7-3-8(14)12(9(15)4-7)17-11(18)5-10(16)6-1-2-6/h3-4,6,10H,1-2,5,16H2,(H,17,18). The molecule has 0 radical (unpaired) electrons. The van der Waals surface area contributed by atoms with E-state index in [-0.39, 0.29) is 11.9 Å². The maximum Gasteiger partial charge on any atom is 0.226 e. The molecule has 98 valence electrons. The Kier molecular flexibility index (Phi) is 4.86. The predicted molar refractivity (Wildman–Crippen MR) is 83.5 cm³/mol. The number of halogens is 3. The van der Waals surface area contributed by atoms with Crippen molar-refractivity contribution in [1.29, 1.82) is 0 Å². The number of anilines is 1. The third-order valence-electron chi connectivity index (χ3n) is 2.92. The average molecular weight is 441 g/mol. The summed E-state index contributed by atoms with van der Waals surface area (Å²) in [5.74, 6) is 0.491. The van der Waals surface area contributed by atoms with E-state index in [0.29, 0.717) is 12.3 Å². The second-order valence-corrected chi connectivity index (χ2v) is 7.12. The summed E-state index contributed by atoms with van der Waals surface area (Å²) in [5, 5.41) is 2.89. The highest BCUT2D eigenvalue weighted by Gasteiger charge is 2.30. The number of rotatable bonds is 4. The van der Waals surface area contributed by atoms with Crippen LogP contribution in [-0.4, -0.2) is 11.9 Å². The molecule has 1 unspecified atom stereocenters. The summed E-state index contributed by atoms with van der Waals surface area (Å²) in [5.41, 5.74) is 6.68. The fourth-order valence-electron chi connectivity index (χ4n) is 1.76. The summed E-state index contributed by atoms with van der Waals surface area (Å²) in [4.78, 5) is 11.9. The van der Waals surface area contributed by atoms with Crippen LogP contribution in [0.3, 0.4) is 0 Å². The van der Waals surface area contributed by atoms with E-state index in [1.165, 1.54) is 0 Å². The number of amides is 1.